The first kappa shape index (κ1) is 14.7. The van der Waals surface area contributed by atoms with E-state index in [2.05, 4.69) is 0 Å². The standard InChI is InChI=1S/C17H19ClO2/c1-3-20-17-7-5-4-6-15(17)16(18)12-13-8-10-14(19-2)11-9-13/h4-11,16H,3,12H2,1-2H3. The minimum atomic E-state index is -0.105. The molecule has 1 atom stereocenters. The van der Waals surface area contributed by atoms with E-state index in [0.29, 0.717) is 6.61 Å². The van der Waals surface area contributed by atoms with Crippen LogP contribution in [0.1, 0.15) is 23.4 Å². The van der Waals surface area contributed by atoms with Crippen LogP contribution in [0.2, 0.25) is 0 Å². The highest BCUT2D eigenvalue weighted by atomic mass is 35.5. The van der Waals surface area contributed by atoms with Crippen LogP contribution < -0.4 is 9.47 Å². The maximum Gasteiger partial charge on any atom is 0.123 e. The molecular formula is C17H19ClO2. The summed E-state index contributed by atoms with van der Waals surface area (Å²) in [5.41, 5.74) is 2.21. The van der Waals surface area contributed by atoms with E-state index in [1.807, 2.05) is 55.5 Å². The average molecular weight is 291 g/mol. The van der Waals surface area contributed by atoms with Gasteiger partial charge in [-0.2, -0.15) is 0 Å². The molecule has 2 nitrogen and oxygen atoms in total. The van der Waals surface area contributed by atoms with Crippen molar-refractivity contribution in [1.29, 1.82) is 0 Å². The second kappa shape index (κ2) is 7.20. The first-order valence-corrected chi connectivity index (χ1v) is 7.17. The maximum absolute atomic E-state index is 6.54. The van der Waals surface area contributed by atoms with E-state index in [9.17, 15) is 0 Å². The number of hydrogen-bond donors (Lipinski definition) is 0. The van der Waals surface area contributed by atoms with Crippen LogP contribution in [0.4, 0.5) is 0 Å². The first-order valence-electron chi connectivity index (χ1n) is 6.73. The van der Waals surface area contributed by atoms with Crippen LogP contribution >= 0.6 is 11.6 Å². The Hall–Kier alpha value is -1.67. The fourth-order valence-electron chi connectivity index (χ4n) is 2.10. The lowest BCUT2D eigenvalue weighted by molar-refractivity contribution is 0.336. The van der Waals surface area contributed by atoms with Crippen LogP contribution in [0.3, 0.4) is 0 Å². The number of ether oxygens (including phenoxy) is 2. The van der Waals surface area contributed by atoms with Gasteiger partial charge in [0.2, 0.25) is 0 Å². The molecular weight excluding hydrogens is 272 g/mol. The molecule has 0 heterocycles. The molecule has 2 rings (SSSR count). The third-order valence-corrected chi connectivity index (χ3v) is 3.52. The first-order chi connectivity index (χ1) is 9.74. The molecule has 2 aromatic rings. The van der Waals surface area contributed by atoms with Crippen molar-refractivity contribution >= 4 is 11.6 Å². The summed E-state index contributed by atoms with van der Waals surface area (Å²) in [6.07, 6.45) is 0.760. The molecule has 0 amide bonds. The predicted molar refractivity (Wildman–Crippen MR) is 82.9 cm³/mol. The number of methoxy groups -OCH3 is 1. The van der Waals surface area contributed by atoms with Gasteiger partial charge in [-0.15, -0.1) is 11.6 Å². The molecule has 0 bridgehead atoms. The van der Waals surface area contributed by atoms with Crippen molar-refractivity contribution in [2.45, 2.75) is 18.7 Å². The van der Waals surface area contributed by atoms with Gasteiger partial charge in [-0.3, -0.25) is 0 Å². The second-order valence-corrected chi connectivity index (χ2v) is 5.02. The fraction of sp³-hybridized carbons (Fsp3) is 0.294. The molecule has 1 unspecified atom stereocenters. The molecule has 0 saturated heterocycles. The largest absolute Gasteiger partial charge is 0.497 e. The summed E-state index contributed by atoms with van der Waals surface area (Å²) in [7, 11) is 1.66. The minimum Gasteiger partial charge on any atom is -0.497 e. The molecule has 0 aromatic heterocycles. The van der Waals surface area contributed by atoms with E-state index < -0.39 is 0 Å². The Morgan fingerprint density at radius 1 is 1.05 bits per heavy atom. The van der Waals surface area contributed by atoms with Gasteiger partial charge in [0.1, 0.15) is 11.5 Å². The minimum absolute atomic E-state index is 0.105. The lowest BCUT2D eigenvalue weighted by Crippen LogP contribution is -2.01. The van der Waals surface area contributed by atoms with E-state index in [1.54, 1.807) is 7.11 Å². The molecule has 0 saturated carbocycles. The highest BCUT2D eigenvalue weighted by Crippen LogP contribution is 2.32. The third-order valence-electron chi connectivity index (χ3n) is 3.13. The molecule has 20 heavy (non-hydrogen) atoms. The van der Waals surface area contributed by atoms with Crippen molar-refractivity contribution in [3.05, 3.63) is 59.7 Å². The summed E-state index contributed by atoms with van der Waals surface area (Å²) >= 11 is 6.54. The molecule has 0 N–H and O–H groups in total. The monoisotopic (exact) mass is 290 g/mol. The van der Waals surface area contributed by atoms with Gasteiger partial charge in [0.15, 0.2) is 0 Å². The Kier molecular flexibility index (Phi) is 5.31. The lowest BCUT2D eigenvalue weighted by atomic mass is 10.0. The van der Waals surface area contributed by atoms with Gasteiger partial charge in [0.25, 0.3) is 0 Å². The van der Waals surface area contributed by atoms with Gasteiger partial charge in [-0.25, -0.2) is 0 Å². The molecule has 0 spiro atoms. The van der Waals surface area contributed by atoms with Gasteiger partial charge in [-0.05, 0) is 37.1 Å². The van der Waals surface area contributed by atoms with Crippen molar-refractivity contribution < 1.29 is 9.47 Å². The van der Waals surface area contributed by atoms with Crippen molar-refractivity contribution in [2.75, 3.05) is 13.7 Å². The van der Waals surface area contributed by atoms with E-state index in [4.69, 9.17) is 21.1 Å². The number of rotatable bonds is 6. The SMILES string of the molecule is CCOc1ccccc1C(Cl)Cc1ccc(OC)cc1. The molecule has 3 heteroatoms. The number of benzene rings is 2. The van der Waals surface area contributed by atoms with Crippen molar-refractivity contribution in [3.8, 4) is 11.5 Å². The number of halogens is 1. The predicted octanol–water partition coefficient (Wildman–Crippen LogP) is 4.62. The summed E-state index contributed by atoms with van der Waals surface area (Å²) in [4.78, 5) is 0. The fourth-order valence-corrected chi connectivity index (χ4v) is 2.46. The molecule has 106 valence electrons. The molecule has 2 aromatic carbocycles. The van der Waals surface area contributed by atoms with E-state index in [1.165, 1.54) is 5.56 Å². The summed E-state index contributed by atoms with van der Waals surface area (Å²) in [5, 5.41) is -0.105. The van der Waals surface area contributed by atoms with Crippen LogP contribution in [0, 0.1) is 0 Å². The van der Waals surface area contributed by atoms with Crippen LogP contribution in [-0.4, -0.2) is 13.7 Å². The summed E-state index contributed by atoms with van der Waals surface area (Å²) in [6.45, 7) is 2.62. The Bertz CT molecular complexity index is 537. The van der Waals surface area contributed by atoms with Crippen molar-refractivity contribution in [1.82, 2.24) is 0 Å². The summed E-state index contributed by atoms with van der Waals surface area (Å²) < 4.78 is 10.8. The van der Waals surface area contributed by atoms with E-state index in [0.717, 1.165) is 23.5 Å². The smallest absolute Gasteiger partial charge is 0.123 e. The van der Waals surface area contributed by atoms with Gasteiger partial charge in [-0.1, -0.05) is 30.3 Å². The van der Waals surface area contributed by atoms with Crippen LogP contribution in [-0.2, 0) is 6.42 Å². The molecule has 0 fully saturated rings. The molecule has 0 aliphatic rings. The number of hydrogen-bond acceptors (Lipinski definition) is 2. The van der Waals surface area contributed by atoms with E-state index >= 15 is 0 Å². The lowest BCUT2D eigenvalue weighted by Gasteiger charge is -2.15. The van der Waals surface area contributed by atoms with Crippen LogP contribution in [0.25, 0.3) is 0 Å². The maximum atomic E-state index is 6.54. The highest BCUT2D eigenvalue weighted by molar-refractivity contribution is 6.21. The number of para-hydroxylation sites is 1. The zero-order valence-corrected chi connectivity index (χ0v) is 12.6. The van der Waals surface area contributed by atoms with Crippen LogP contribution in [0.15, 0.2) is 48.5 Å². The zero-order chi connectivity index (χ0) is 14.4. The zero-order valence-electron chi connectivity index (χ0n) is 11.8. The van der Waals surface area contributed by atoms with E-state index in [-0.39, 0.29) is 5.38 Å². The van der Waals surface area contributed by atoms with Gasteiger partial charge in [0, 0.05) is 5.56 Å². The normalized spacial score (nSPS) is 11.9. The quantitative estimate of drug-likeness (QED) is 0.723. The summed E-state index contributed by atoms with van der Waals surface area (Å²) in [5.74, 6) is 1.72. The molecule has 0 aliphatic carbocycles. The Labute approximate surface area is 125 Å². The van der Waals surface area contributed by atoms with Crippen molar-refractivity contribution in [3.63, 3.8) is 0 Å². The Morgan fingerprint density at radius 3 is 2.40 bits per heavy atom. The van der Waals surface area contributed by atoms with Crippen molar-refractivity contribution in [2.24, 2.45) is 0 Å². The average Bonchev–Trinajstić information content (AvgIpc) is 2.49. The topological polar surface area (TPSA) is 18.5 Å². The molecule has 0 aliphatic heterocycles. The van der Waals surface area contributed by atoms with Crippen LogP contribution in [0.5, 0.6) is 11.5 Å². The van der Waals surface area contributed by atoms with Gasteiger partial charge in [0.05, 0.1) is 19.1 Å². The summed E-state index contributed by atoms with van der Waals surface area (Å²) in [6, 6.07) is 15.9. The third kappa shape index (κ3) is 3.67. The Balaban J connectivity index is 2.12. The molecule has 0 radical (unpaired) electrons. The number of alkyl halides is 1. The Morgan fingerprint density at radius 2 is 1.75 bits per heavy atom. The van der Waals surface area contributed by atoms with Gasteiger partial charge >= 0.3 is 0 Å². The second-order valence-electron chi connectivity index (χ2n) is 4.49. The van der Waals surface area contributed by atoms with Gasteiger partial charge < -0.3 is 9.47 Å². The highest BCUT2D eigenvalue weighted by Gasteiger charge is 2.14.